The van der Waals surface area contributed by atoms with Gasteiger partial charge in [-0.25, -0.2) is 0 Å². The Morgan fingerprint density at radius 2 is 2.22 bits per heavy atom. The average molecular weight is 266 g/mol. The van der Waals surface area contributed by atoms with Crippen LogP contribution in [0.25, 0.3) is 0 Å². The first kappa shape index (κ1) is 13.1. The predicted octanol–water partition coefficient (Wildman–Crippen LogP) is 1.92. The largest absolute Gasteiger partial charge is 0.392 e. The van der Waals surface area contributed by atoms with Gasteiger partial charge in [-0.3, -0.25) is 9.67 Å². The van der Waals surface area contributed by atoms with Crippen molar-refractivity contribution >= 4 is 11.6 Å². The molecule has 1 unspecified atom stereocenters. The van der Waals surface area contributed by atoms with Crippen molar-refractivity contribution in [2.24, 2.45) is 7.05 Å². The molecule has 0 bridgehead atoms. The van der Waals surface area contributed by atoms with Crippen LogP contribution in [-0.2, 0) is 19.9 Å². The lowest BCUT2D eigenvalue weighted by atomic mass is 10.0. The average Bonchev–Trinajstić information content (AvgIpc) is 2.57. The molecule has 4 nitrogen and oxygen atoms in total. The molecule has 0 aliphatic rings. The Hall–Kier alpha value is -1.39. The van der Waals surface area contributed by atoms with Crippen molar-refractivity contribution in [3.05, 3.63) is 46.5 Å². The van der Waals surface area contributed by atoms with E-state index in [4.69, 9.17) is 11.6 Å². The van der Waals surface area contributed by atoms with E-state index in [0.717, 1.165) is 16.8 Å². The summed E-state index contributed by atoms with van der Waals surface area (Å²) in [5.74, 6) is 0. The molecular formula is C13H16ClN3O. The first-order valence-electron chi connectivity index (χ1n) is 5.83. The molecule has 0 saturated carbocycles. The van der Waals surface area contributed by atoms with Gasteiger partial charge in [0.2, 0.25) is 0 Å². The molecule has 0 aliphatic carbocycles. The van der Waals surface area contributed by atoms with E-state index in [2.05, 4.69) is 10.1 Å². The van der Waals surface area contributed by atoms with Gasteiger partial charge in [0.15, 0.2) is 0 Å². The van der Waals surface area contributed by atoms with Crippen LogP contribution in [-0.4, -0.2) is 26.0 Å². The first-order chi connectivity index (χ1) is 8.58. The summed E-state index contributed by atoms with van der Waals surface area (Å²) in [6, 6.07) is 3.82. The SMILES string of the molecule is Cc1nn(C)c(Cl)c1CC(O)Cc1cccnc1. The van der Waals surface area contributed by atoms with Crippen LogP contribution in [0, 0.1) is 6.92 Å². The number of hydrogen-bond acceptors (Lipinski definition) is 3. The van der Waals surface area contributed by atoms with Crippen molar-refractivity contribution in [3.63, 3.8) is 0 Å². The fraction of sp³-hybridized carbons (Fsp3) is 0.385. The second kappa shape index (κ2) is 5.50. The van der Waals surface area contributed by atoms with Gasteiger partial charge in [-0.1, -0.05) is 17.7 Å². The molecule has 96 valence electrons. The molecule has 2 rings (SSSR count). The van der Waals surface area contributed by atoms with Gasteiger partial charge in [-0.05, 0) is 18.6 Å². The second-order valence-electron chi connectivity index (χ2n) is 4.40. The summed E-state index contributed by atoms with van der Waals surface area (Å²) in [4.78, 5) is 4.03. The van der Waals surface area contributed by atoms with Crippen LogP contribution in [0.4, 0.5) is 0 Å². The van der Waals surface area contributed by atoms with Gasteiger partial charge >= 0.3 is 0 Å². The Labute approximate surface area is 111 Å². The highest BCUT2D eigenvalue weighted by atomic mass is 35.5. The highest BCUT2D eigenvalue weighted by Gasteiger charge is 2.15. The number of hydrogen-bond donors (Lipinski definition) is 1. The van der Waals surface area contributed by atoms with E-state index in [-0.39, 0.29) is 0 Å². The molecule has 2 aromatic heterocycles. The molecule has 0 fully saturated rings. The lowest BCUT2D eigenvalue weighted by molar-refractivity contribution is 0.175. The van der Waals surface area contributed by atoms with Crippen molar-refractivity contribution in [1.29, 1.82) is 0 Å². The van der Waals surface area contributed by atoms with Crippen LogP contribution in [0.2, 0.25) is 5.15 Å². The summed E-state index contributed by atoms with van der Waals surface area (Å²) >= 11 is 6.14. The molecule has 0 aliphatic heterocycles. The number of aliphatic hydroxyl groups is 1. The van der Waals surface area contributed by atoms with E-state index < -0.39 is 6.10 Å². The number of aromatic nitrogens is 3. The monoisotopic (exact) mass is 265 g/mol. The summed E-state index contributed by atoms with van der Waals surface area (Å²) in [6.45, 7) is 1.90. The smallest absolute Gasteiger partial charge is 0.130 e. The number of aliphatic hydroxyl groups excluding tert-OH is 1. The summed E-state index contributed by atoms with van der Waals surface area (Å²) in [5.41, 5.74) is 2.80. The molecule has 0 saturated heterocycles. The zero-order valence-corrected chi connectivity index (χ0v) is 11.2. The summed E-state index contributed by atoms with van der Waals surface area (Å²) in [6.07, 6.45) is 4.08. The van der Waals surface area contributed by atoms with Crippen LogP contribution in [0.5, 0.6) is 0 Å². The fourth-order valence-electron chi connectivity index (χ4n) is 2.00. The van der Waals surface area contributed by atoms with E-state index in [0.29, 0.717) is 18.0 Å². The molecule has 0 spiro atoms. The minimum atomic E-state index is -0.477. The molecule has 18 heavy (non-hydrogen) atoms. The highest BCUT2D eigenvalue weighted by molar-refractivity contribution is 6.30. The van der Waals surface area contributed by atoms with Crippen LogP contribution in [0.1, 0.15) is 16.8 Å². The van der Waals surface area contributed by atoms with Gasteiger partial charge in [0.25, 0.3) is 0 Å². The molecule has 0 radical (unpaired) electrons. The van der Waals surface area contributed by atoms with Gasteiger partial charge in [-0.2, -0.15) is 5.10 Å². The Kier molecular flexibility index (Phi) is 3.99. The molecule has 1 atom stereocenters. The zero-order valence-electron chi connectivity index (χ0n) is 10.5. The Morgan fingerprint density at radius 1 is 1.44 bits per heavy atom. The van der Waals surface area contributed by atoms with Crippen molar-refractivity contribution in [2.75, 3.05) is 0 Å². The van der Waals surface area contributed by atoms with Crippen molar-refractivity contribution in [3.8, 4) is 0 Å². The molecule has 2 aromatic rings. The van der Waals surface area contributed by atoms with E-state index in [1.54, 1.807) is 24.1 Å². The third-order valence-corrected chi connectivity index (χ3v) is 3.38. The number of rotatable bonds is 4. The summed E-state index contributed by atoms with van der Waals surface area (Å²) < 4.78 is 1.63. The van der Waals surface area contributed by atoms with Crippen LogP contribution >= 0.6 is 11.6 Å². The minimum absolute atomic E-state index is 0.477. The van der Waals surface area contributed by atoms with E-state index in [1.807, 2.05) is 19.1 Å². The lowest BCUT2D eigenvalue weighted by Crippen LogP contribution is -2.14. The van der Waals surface area contributed by atoms with Gasteiger partial charge < -0.3 is 5.11 Å². The molecular weight excluding hydrogens is 250 g/mol. The quantitative estimate of drug-likeness (QED) is 0.919. The van der Waals surface area contributed by atoms with E-state index in [1.165, 1.54) is 0 Å². The standard InChI is InChI=1S/C13H16ClN3O/c1-9-12(13(14)17(2)16-9)7-11(18)6-10-4-3-5-15-8-10/h3-5,8,11,18H,6-7H2,1-2H3. The Bertz CT molecular complexity index is 525. The fourth-order valence-corrected chi connectivity index (χ4v) is 2.26. The zero-order chi connectivity index (χ0) is 13.1. The van der Waals surface area contributed by atoms with Gasteiger partial charge in [0.05, 0.1) is 11.8 Å². The number of nitrogens with zero attached hydrogens (tertiary/aromatic N) is 3. The van der Waals surface area contributed by atoms with E-state index in [9.17, 15) is 5.11 Å². The van der Waals surface area contributed by atoms with Gasteiger partial charge in [-0.15, -0.1) is 0 Å². The van der Waals surface area contributed by atoms with Crippen molar-refractivity contribution in [1.82, 2.24) is 14.8 Å². The maximum atomic E-state index is 10.1. The third-order valence-electron chi connectivity index (χ3n) is 2.90. The highest BCUT2D eigenvalue weighted by Crippen LogP contribution is 2.21. The summed E-state index contributed by atoms with van der Waals surface area (Å²) in [7, 11) is 1.80. The number of pyridine rings is 1. The topological polar surface area (TPSA) is 50.9 Å². The predicted molar refractivity (Wildman–Crippen MR) is 70.6 cm³/mol. The first-order valence-corrected chi connectivity index (χ1v) is 6.20. The minimum Gasteiger partial charge on any atom is -0.392 e. The van der Waals surface area contributed by atoms with Crippen LogP contribution in [0.15, 0.2) is 24.5 Å². The maximum Gasteiger partial charge on any atom is 0.130 e. The second-order valence-corrected chi connectivity index (χ2v) is 4.76. The van der Waals surface area contributed by atoms with Crippen molar-refractivity contribution < 1.29 is 5.11 Å². The van der Waals surface area contributed by atoms with Crippen LogP contribution in [0.3, 0.4) is 0 Å². The van der Waals surface area contributed by atoms with Crippen LogP contribution < -0.4 is 0 Å². The molecule has 0 aromatic carbocycles. The number of halogens is 1. The third kappa shape index (κ3) is 2.89. The van der Waals surface area contributed by atoms with Gasteiger partial charge in [0.1, 0.15) is 5.15 Å². The van der Waals surface area contributed by atoms with Gasteiger partial charge in [0, 0.05) is 37.8 Å². The Balaban J connectivity index is 2.05. The van der Waals surface area contributed by atoms with E-state index >= 15 is 0 Å². The number of aryl methyl sites for hydroxylation is 2. The maximum absolute atomic E-state index is 10.1. The molecule has 2 heterocycles. The van der Waals surface area contributed by atoms with Crippen molar-refractivity contribution in [2.45, 2.75) is 25.9 Å². The lowest BCUT2D eigenvalue weighted by Gasteiger charge is -2.10. The summed E-state index contributed by atoms with van der Waals surface area (Å²) in [5, 5.41) is 14.9. The molecule has 1 N–H and O–H groups in total. The molecule has 5 heteroatoms. The molecule has 0 amide bonds. The normalized spacial score (nSPS) is 12.7. The Morgan fingerprint density at radius 3 is 2.78 bits per heavy atom.